The highest BCUT2D eigenvalue weighted by atomic mass is 35.5. The van der Waals surface area contributed by atoms with Gasteiger partial charge in [-0.3, -0.25) is 4.40 Å². The maximum atomic E-state index is 12.7. The maximum absolute atomic E-state index is 12.7. The van der Waals surface area contributed by atoms with Gasteiger partial charge in [-0.25, -0.2) is 4.98 Å². The normalized spacial score (nSPS) is 12.4. The Balaban J connectivity index is 2.05. The predicted octanol–water partition coefficient (Wildman–Crippen LogP) is 2.36. The average Bonchev–Trinajstić information content (AvgIpc) is 3.18. The first kappa shape index (κ1) is 15.8. The van der Waals surface area contributed by atoms with Crippen LogP contribution in [0.15, 0.2) is 29.0 Å². The minimum atomic E-state index is -1.25. The Morgan fingerprint density at radius 1 is 1.36 bits per heavy atom. The van der Waals surface area contributed by atoms with Crippen LogP contribution in [-0.2, 0) is 5.60 Å². The molecular formula is C16H14ClN5O3. The van der Waals surface area contributed by atoms with E-state index in [0.717, 1.165) is 4.73 Å². The van der Waals surface area contributed by atoms with Gasteiger partial charge >= 0.3 is 0 Å². The smallest absolute Gasteiger partial charge is 0.279 e. The van der Waals surface area contributed by atoms with Crippen molar-refractivity contribution in [3.05, 3.63) is 46.3 Å². The minimum absolute atomic E-state index is 0.129. The predicted molar refractivity (Wildman–Crippen MR) is 89.9 cm³/mol. The highest BCUT2D eigenvalue weighted by Gasteiger charge is 2.28. The second kappa shape index (κ2) is 5.14. The van der Waals surface area contributed by atoms with Crippen molar-refractivity contribution in [3.8, 4) is 11.6 Å². The van der Waals surface area contributed by atoms with Gasteiger partial charge in [0.2, 0.25) is 11.5 Å². The number of aromatic nitrogens is 5. The van der Waals surface area contributed by atoms with Crippen molar-refractivity contribution in [2.75, 3.05) is 0 Å². The summed E-state index contributed by atoms with van der Waals surface area (Å²) >= 11 is 6.19. The summed E-state index contributed by atoms with van der Waals surface area (Å²) in [5.41, 5.74) is 1.04. The van der Waals surface area contributed by atoms with E-state index in [0.29, 0.717) is 33.0 Å². The molecule has 0 aliphatic heterocycles. The summed E-state index contributed by atoms with van der Waals surface area (Å²) in [6.07, 6.45) is 1.57. The molecule has 0 aliphatic carbocycles. The first-order valence-corrected chi connectivity index (χ1v) is 7.91. The van der Waals surface area contributed by atoms with Gasteiger partial charge in [0.15, 0.2) is 5.69 Å². The highest BCUT2D eigenvalue weighted by Crippen LogP contribution is 2.29. The number of nitrogens with zero attached hydrogens (tertiary/aromatic N) is 5. The van der Waals surface area contributed by atoms with Gasteiger partial charge in [0.05, 0.1) is 0 Å². The van der Waals surface area contributed by atoms with Crippen molar-refractivity contribution in [2.45, 2.75) is 26.4 Å². The number of halogens is 1. The van der Waals surface area contributed by atoms with Gasteiger partial charge in [-0.05, 0) is 26.0 Å². The van der Waals surface area contributed by atoms with Gasteiger partial charge in [0.25, 0.3) is 11.4 Å². The lowest BCUT2D eigenvalue weighted by molar-refractivity contribution is -0.583. The van der Waals surface area contributed by atoms with Gasteiger partial charge in [-0.2, -0.15) is 9.71 Å². The maximum Gasteiger partial charge on any atom is 0.279 e. The van der Waals surface area contributed by atoms with Crippen molar-refractivity contribution < 1.29 is 14.4 Å². The van der Waals surface area contributed by atoms with E-state index in [-0.39, 0.29) is 11.7 Å². The molecular weight excluding hydrogens is 346 g/mol. The van der Waals surface area contributed by atoms with E-state index in [9.17, 15) is 10.3 Å². The number of rotatable bonds is 2. The van der Waals surface area contributed by atoms with Crippen LogP contribution < -0.4 is 4.73 Å². The van der Waals surface area contributed by atoms with Gasteiger partial charge in [0, 0.05) is 6.92 Å². The van der Waals surface area contributed by atoms with Gasteiger partial charge < -0.3 is 14.8 Å². The van der Waals surface area contributed by atoms with E-state index in [1.165, 1.54) is 0 Å². The van der Waals surface area contributed by atoms with E-state index in [4.69, 9.17) is 16.1 Å². The number of hydrogen-bond donors (Lipinski definition) is 1. The Bertz CT molecular complexity index is 1130. The van der Waals surface area contributed by atoms with Crippen molar-refractivity contribution >= 4 is 28.2 Å². The average molecular weight is 360 g/mol. The van der Waals surface area contributed by atoms with Crippen LogP contribution in [0.3, 0.4) is 0 Å². The molecule has 0 saturated heterocycles. The van der Waals surface area contributed by atoms with Crippen molar-refractivity contribution in [1.29, 1.82) is 0 Å². The summed E-state index contributed by atoms with van der Waals surface area (Å²) in [6, 6.07) is 5.21. The largest absolute Gasteiger partial charge is 0.618 e. The first-order valence-electron chi connectivity index (χ1n) is 7.53. The molecule has 0 aliphatic rings. The van der Waals surface area contributed by atoms with Gasteiger partial charge in [0.1, 0.15) is 28.0 Å². The topological polar surface area (TPSA) is 103 Å². The standard InChI is InChI=1S/C16H14ClN5O3/c1-8-12-11(14-19-15(20-25-14)16(2,3)23)18-7-21(12)10-6-4-5-9(17)13(10)22(8)24/h4-7,23H,1-3H3. The Morgan fingerprint density at radius 3 is 2.80 bits per heavy atom. The third-order valence-electron chi connectivity index (χ3n) is 4.02. The van der Waals surface area contributed by atoms with E-state index in [2.05, 4.69) is 15.1 Å². The molecule has 1 aromatic carbocycles. The Morgan fingerprint density at radius 2 is 2.12 bits per heavy atom. The summed E-state index contributed by atoms with van der Waals surface area (Å²) in [6.45, 7) is 4.78. The first-order chi connectivity index (χ1) is 11.8. The van der Waals surface area contributed by atoms with Crippen molar-refractivity contribution in [2.24, 2.45) is 0 Å². The van der Waals surface area contributed by atoms with E-state index < -0.39 is 5.60 Å². The number of aryl methyl sites for hydroxylation is 1. The van der Waals surface area contributed by atoms with Crippen LogP contribution in [-0.4, -0.2) is 24.6 Å². The van der Waals surface area contributed by atoms with Crippen molar-refractivity contribution in [3.63, 3.8) is 0 Å². The number of benzene rings is 1. The lowest BCUT2D eigenvalue weighted by atomic mass is 10.1. The van der Waals surface area contributed by atoms with E-state index in [1.807, 2.05) is 0 Å². The molecule has 0 radical (unpaired) electrons. The highest BCUT2D eigenvalue weighted by molar-refractivity contribution is 6.34. The van der Waals surface area contributed by atoms with Crippen molar-refractivity contribution in [1.82, 2.24) is 19.5 Å². The number of aliphatic hydroxyl groups is 1. The van der Waals surface area contributed by atoms with Crippen LogP contribution in [0, 0.1) is 12.1 Å². The van der Waals surface area contributed by atoms with Gasteiger partial charge in [-0.15, -0.1) is 0 Å². The van der Waals surface area contributed by atoms with Crippen LogP contribution in [0.5, 0.6) is 0 Å². The molecule has 0 bridgehead atoms. The minimum Gasteiger partial charge on any atom is -0.618 e. The summed E-state index contributed by atoms with van der Waals surface area (Å²) in [4.78, 5) is 8.53. The molecule has 0 fully saturated rings. The number of fused-ring (bicyclic) bond motifs is 3. The molecule has 0 unspecified atom stereocenters. The zero-order valence-electron chi connectivity index (χ0n) is 13.7. The zero-order chi connectivity index (χ0) is 17.9. The molecule has 0 atom stereocenters. The second-order valence-corrected chi connectivity index (χ2v) is 6.69. The molecule has 0 spiro atoms. The van der Waals surface area contributed by atoms with Crippen LogP contribution in [0.25, 0.3) is 28.1 Å². The monoisotopic (exact) mass is 359 g/mol. The third-order valence-corrected chi connectivity index (χ3v) is 4.32. The lowest BCUT2D eigenvalue weighted by Gasteiger charge is -2.10. The van der Waals surface area contributed by atoms with Crippen LogP contribution >= 0.6 is 11.6 Å². The Labute approximate surface area is 146 Å². The fourth-order valence-corrected chi connectivity index (χ4v) is 3.01. The number of imidazole rings is 1. The summed E-state index contributed by atoms with van der Waals surface area (Å²) < 4.78 is 7.77. The van der Waals surface area contributed by atoms with Crippen LogP contribution in [0.4, 0.5) is 0 Å². The molecule has 0 saturated carbocycles. The van der Waals surface area contributed by atoms with Crippen LogP contribution in [0.1, 0.15) is 25.4 Å². The molecule has 3 heterocycles. The van der Waals surface area contributed by atoms with Gasteiger partial charge in [-0.1, -0.05) is 22.8 Å². The molecule has 128 valence electrons. The molecule has 3 aromatic heterocycles. The Hall–Kier alpha value is -2.71. The second-order valence-electron chi connectivity index (χ2n) is 6.28. The summed E-state index contributed by atoms with van der Waals surface area (Å²) in [5.74, 6) is 0.268. The molecule has 25 heavy (non-hydrogen) atoms. The molecule has 0 amide bonds. The quantitative estimate of drug-likeness (QED) is 0.435. The fraction of sp³-hybridized carbons (Fsp3) is 0.250. The molecule has 4 rings (SSSR count). The fourth-order valence-electron chi connectivity index (χ4n) is 2.76. The van der Waals surface area contributed by atoms with E-state index in [1.54, 1.807) is 49.7 Å². The summed E-state index contributed by atoms with van der Waals surface area (Å²) in [7, 11) is 0. The summed E-state index contributed by atoms with van der Waals surface area (Å²) in [5, 5.41) is 26.8. The van der Waals surface area contributed by atoms with E-state index >= 15 is 0 Å². The number of para-hydroxylation sites is 1. The Kier molecular flexibility index (Phi) is 3.25. The molecule has 8 nitrogen and oxygen atoms in total. The molecule has 1 N–H and O–H groups in total. The third kappa shape index (κ3) is 2.25. The SMILES string of the molecule is Cc1c2c(-c3nc(C(C)(C)O)no3)ncn2c2cccc(Cl)c2[n+]1[O-]. The molecule has 9 heteroatoms. The zero-order valence-corrected chi connectivity index (χ0v) is 14.4. The lowest BCUT2D eigenvalue weighted by Crippen LogP contribution is -2.32. The number of hydrogen-bond acceptors (Lipinski definition) is 6. The van der Waals surface area contributed by atoms with Crippen LogP contribution in [0.2, 0.25) is 5.02 Å². The molecule has 4 aromatic rings.